The van der Waals surface area contributed by atoms with Crippen LogP contribution in [0.15, 0.2) is 48.7 Å². The molecule has 1 aliphatic rings. The Labute approximate surface area is 172 Å². The van der Waals surface area contributed by atoms with Crippen molar-refractivity contribution < 1.29 is 9.90 Å². The summed E-state index contributed by atoms with van der Waals surface area (Å²) >= 11 is 0. The molecule has 8 nitrogen and oxygen atoms in total. The van der Waals surface area contributed by atoms with Crippen molar-refractivity contribution in [2.45, 2.75) is 19.3 Å². The second-order valence-corrected chi connectivity index (χ2v) is 7.42. The number of carboxylic acid groups (broad SMARTS) is 1. The first kappa shape index (κ1) is 18.2. The Morgan fingerprint density at radius 3 is 2.90 bits per heavy atom. The number of nitrogens with zero attached hydrogens (tertiary/aromatic N) is 5. The molecule has 0 radical (unpaired) electrons. The lowest BCUT2D eigenvalue weighted by Gasteiger charge is -2.24. The van der Waals surface area contributed by atoms with E-state index in [-0.39, 0.29) is 11.5 Å². The first-order valence-corrected chi connectivity index (χ1v) is 9.91. The molecule has 2 heterocycles. The van der Waals surface area contributed by atoms with E-state index in [1.807, 2.05) is 6.07 Å². The fourth-order valence-corrected chi connectivity index (χ4v) is 4.17. The van der Waals surface area contributed by atoms with Crippen molar-refractivity contribution in [2.24, 2.45) is 0 Å². The van der Waals surface area contributed by atoms with Gasteiger partial charge in [-0.15, -0.1) is 10.2 Å². The number of carbonyl (C=O) groups is 1. The van der Waals surface area contributed by atoms with E-state index in [9.17, 15) is 9.90 Å². The van der Waals surface area contributed by atoms with Gasteiger partial charge in [0, 0.05) is 30.8 Å². The van der Waals surface area contributed by atoms with Gasteiger partial charge in [-0.2, -0.15) is 5.21 Å². The smallest absolute Gasteiger partial charge is 0.339 e. The third-order valence-electron chi connectivity index (χ3n) is 5.55. The summed E-state index contributed by atoms with van der Waals surface area (Å²) in [4.78, 5) is 18.1. The van der Waals surface area contributed by atoms with Crippen molar-refractivity contribution in [3.05, 3.63) is 65.4 Å². The van der Waals surface area contributed by atoms with Crippen molar-refractivity contribution in [3.8, 4) is 11.4 Å². The van der Waals surface area contributed by atoms with Gasteiger partial charge in [-0.1, -0.05) is 31.2 Å². The fraction of sp³-hybridized carbons (Fsp3) is 0.227. The Bertz CT molecular complexity index is 1240. The molecule has 4 aromatic rings. The van der Waals surface area contributed by atoms with Gasteiger partial charge in [0.25, 0.3) is 0 Å². The Morgan fingerprint density at radius 2 is 2.13 bits per heavy atom. The van der Waals surface area contributed by atoms with Crippen molar-refractivity contribution in [3.63, 3.8) is 0 Å². The summed E-state index contributed by atoms with van der Waals surface area (Å²) in [6.07, 6.45) is 2.56. The van der Waals surface area contributed by atoms with Crippen molar-refractivity contribution in [2.75, 3.05) is 18.0 Å². The van der Waals surface area contributed by atoms with E-state index < -0.39 is 5.97 Å². The molecule has 2 N–H and O–H groups in total. The van der Waals surface area contributed by atoms with Crippen LogP contribution in [0.2, 0.25) is 0 Å². The molecule has 1 atom stereocenters. The second kappa shape index (κ2) is 7.22. The summed E-state index contributed by atoms with van der Waals surface area (Å²) < 4.78 is 0. The standard InChI is InChI=1S/C22H20N6O2/c1-2-10-28(21-17(22(29)30)4-3-9-23-21)12-18-16-8-5-13-11-14(20-24-26-27-25-20)6-7-15(13)19(16)18/h3-9,11,18H,2,10,12H2,1H3,(H,29,30)(H,24,25,26,27). The number of hydrogen-bond donors (Lipinski definition) is 2. The quantitative estimate of drug-likeness (QED) is 0.489. The molecule has 0 saturated carbocycles. The summed E-state index contributed by atoms with van der Waals surface area (Å²) in [6, 6.07) is 13.7. The molecule has 0 amide bonds. The summed E-state index contributed by atoms with van der Waals surface area (Å²) in [5, 5.41) is 26.1. The van der Waals surface area contributed by atoms with Crippen LogP contribution in [-0.2, 0) is 0 Å². The molecule has 0 aliphatic heterocycles. The summed E-state index contributed by atoms with van der Waals surface area (Å²) in [6.45, 7) is 3.55. The zero-order valence-electron chi connectivity index (χ0n) is 16.4. The van der Waals surface area contributed by atoms with Crippen LogP contribution in [0.4, 0.5) is 5.82 Å². The average molecular weight is 400 g/mol. The van der Waals surface area contributed by atoms with Gasteiger partial charge in [0.05, 0.1) is 0 Å². The van der Waals surface area contributed by atoms with E-state index in [0.29, 0.717) is 18.2 Å². The van der Waals surface area contributed by atoms with Gasteiger partial charge in [-0.25, -0.2) is 9.78 Å². The fourth-order valence-electron chi connectivity index (χ4n) is 4.17. The zero-order chi connectivity index (χ0) is 20.7. The maximum atomic E-state index is 11.7. The molecule has 0 fully saturated rings. The highest BCUT2D eigenvalue weighted by atomic mass is 16.4. The van der Waals surface area contributed by atoms with Crippen LogP contribution in [0.25, 0.3) is 22.2 Å². The molecule has 8 heteroatoms. The minimum absolute atomic E-state index is 0.241. The van der Waals surface area contributed by atoms with Gasteiger partial charge in [0.2, 0.25) is 5.82 Å². The van der Waals surface area contributed by atoms with E-state index in [2.05, 4.69) is 61.7 Å². The third-order valence-corrected chi connectivity index (χ3v) is 5.55. The Hall–Kier alpha value is -3.81. The number of hydrogen-bond acceptors (Lipinski definition) is 6. The largest absolute Gasteiger partial charge is 0.478 e. The van der Waals surface area contributed by atoms with Crippen LogP contribution in [0.5, 0.6) is 0 Å². The lowest BCUT2D eigenvalue weighted by molar-refractivity contribution is 0.0697. The van der Waals surface area contributed by atoms with Gasteiger partial charge >= 0.3 is 5.97 Å². The van der Waals surface area contributed by atoms with Gasteiger partial charge in [0.1, 0.15) is 11.4 Å². The van der Waals surface area contributed by atoms with Crippen molar-refractivity contribution in [1.82, 2.24) is 25.6 Å². The number of pyridine rings is 1. The minimum atomic E-state index is -0.952. The molecule has 0 spiro atoms. The monoisotopic (exact) mass is 400 g/mol. The molecule has 2 aromatic heterocycles. The summed E-state index contributed by atoms with van der Waals surface area (Å²) in [7, 11) is 0. The molecular weight excluding hydrogens is 380 g/mol. The number of aromatic amines is 1. The van der Waals surface area contributed by atoms with Crippen LogP contribution in [-0.4, -0.2) is 49.8 Å². The molecule has 30 heavy (non-hydrogen) atoms. The van der Waals surface area contributed by atoms with E-state index in [1.54, 1.807) is 18.3 Å². The number of anilines is 1. The number of H-pyrrole nitrogens is 1. The highest BCUT2D eigenvalue weighted by molar-refractivity contribution is 5.95. The van der Waals surface area contributed by atoms with Crippen LogP contribution >= 0.6 is 0 Å². The zero-order valence-corrected chi connectivity index (χ0v) is 16.4. The van der Waals surface area contributed by atoms with Gasteiger partial charge in [-0.3, -0.25) is 0 Å². The van der Waals surface area contributed by atoms with Gasteiger partial charge in [0.15, 0.2) is 0 Å². The first-order valence-electron chi connectivity index (χ1n) is 9.91. The van der Waals surface area contributed by atoms with Gasteiger partial charge in [-0.05, 0) is 51.7 Å². The van der Waals surface area contributed by atoms with Crippen LogP contribution in [0.3, 0.4) is 0 Å². The number of aromatic nitrogens is 5. The molecular formula is C22H20N6O2. The van der Waals surface area contributed by atoms with Crippen LogP contribution < -0.4 is 4.90 Å². The van der Waals surface area contributed by atoms with Crippen LogP contribution in [0, 0.1) is 0 Å². The maximum Gasteiger partial charge on any atom is 0.339 e. The van der Waals surface area contributed by atoms with Gasteiger partial charge < -0.3 is 10.0 Å². The summed E-state index contributed by atoms with van der Waals surface area (Å²) in [5.41, 5.74) is 3.79. The number of rotatable bonds is 7. The number of fused-ring (bicyclic) bond motifs is 3. The number of carboxylic acids is 1. The highest BCUT2D eigenvalue weighted by Gasteiger charge is 2.36. The third kappa shape index (κ3) is 3.06. The molecule has 150 valence electrons. The van der Waals surface area contributed by atoms with E-state index >= 15 is 0 Å². The maximum absolute atomic E-state index is 11.7. The topological polar surface area (TPSA) is 108 Å². The predicted molar refractivity (Wildman–Crippen MR) is 113 cm³/mol. The summed E-state index contributed by atoms with van der Waals surface area (Å²) in [5.74, 6) is 0.429. The lowest BCUT2D eigenvalue weighted by Crippen LogP contribution is -2.29. The average Bonchev–Trinajstić information content (AvgIpc) is 3.19. The Balaban J connectivity index is 1.45. The van der Waals surface area contributed by atoms with Crippen molar-refractivity contribution >= 4 is 22.6 Å². The minimum Gasteiger partial charge on any atom is -0.478 e. The van der Waals surface area contributed by atoms with E-state index in [1.165, 1.54) is 16.5 Å². The normalized spacial score (nSPS) is 14.5. The lowest BCUT2D eigenvalue weighted by atomic mass is 10.1. The Kier molecular flexibility index (Phi) is 4.39. The Morgan fingerprint density at radius 1 is 1.23 bits per heavy atom. The molecule has 5 rings (SSSR count). The number of aromatic carboxylic acids is 1. The molecule has 1 unspecified atom stereocenters. The molecule has 2 aromatic carbocycles. The number of benzene rings is 2. The highest BCUT2D eigenvalue weighted by Crippen LogP contribution is 2.49. The SMILES string of the molecule is CCCN(CC1c2ccc3cc(-c4nn[nH]n4)ccc3c21)c1ncccc1C(=O)O. The van der Waals surface area contributed by atoms with E-state index in [0.717, 1.165) is 23.9 Å². The second-order valence-electron chi connectivity index (χ2n) is 7.42. The van der Waals surface area contributed by atoms with E-state index in [4.69, 9.17) is 0 Å². The molecule has 0 saturated heterocycles. The first-order chi connectivity index (χ1) is 14.7. The number of nitrogens with one attached hydrogen (secondary N) is 1. The van der Waals surface area contributed by atoms with Crippen molar-refractivity contribution in [1.29, 1.82) is 0 Å². The van der Waals surface area contributed by atoms with Crippen LogP contribution in [0.1, 0.15) is 40.7 Å². The molecule has 0 bridgehead atoms. The number of tetrazole rings is 1. The molecule has 1 aliphatic carbocycles. The predicted octanol–water partition coefficient (Wildman–Crippen LogP) is 3.48.